The van der Waals surface area contributed by atoms with Crippen molar-refractivity contribution in [2.75, 3.05) is 24.9 Å². The molecule has 1 aromatic heterocycles. The molecule has 0 spiro atoms. The normalized spacial score (nSPS) is 9.81. The minimum absolute atomic E-state index is 0.296. The van der Waals surface area contributed by atoms with Crippen molar-refractivity contribution in [3.63, 3.8) is 0 Å². The number of hydrogen-bond acceptors (Lipinski definition) is 6. The van der Waals surface area contributed by atoms with E-state index in [9.17, 15) is 4.79 Å². The number of amides is 2. The highest BCUT2D eigenvalue weighted by Gasteiger charge is 2.07. The third-order valence-electron chi connectivity index (χ3n) is 2.56. The molecule has 1 heterocycles. The van der Waals surface area contributed by atoms with Crippen molar-refractivity contribution >= 4 is 23.5 Å². The highest BCUT2D eigenvalue weighted by atomic mass is 16.5. The van der Waals surface area contributed by atoms with Crippen LogP contribution in [0, 0.1) is 0 Å². The van der Waals surface area contributed by atoms with Gasteiger partial charge in [-0.3, -0.25) is 5.32 Å². The van der Waals surface area contributed by atoms with Gasteiger partial charge < -0.3 is 20.5 Å². The monoisotopic (exact) mass is 289 g/mol. The summed E-state index contributed by atoms with van der Waals surface area (Å²) in [5, 5.41) is 5.37. The van der Waals surface area contributed by atoms with Crippen LogP contribution >= 0.6 is 0 Å². The average molecular weight is 289 g/mol. The van der Waals surface area contributed by atoms with Crippen molar-refractivity contribution in [2.24, 2.45) is 5.73 Å². The molecule has 2 rings (SSSR count). The molecule has 8 nitrogen and oxygen atoms in total. The van der Waals surface area contributed by atoms with E-state index in [0.29, 0.717) is 29.0 Å². The number of ether oxygens (including phenoxy) is 2. The number of benzene rings is 1. The molecule has 0 aliphatic rings. The van der Waals surface area contributed by atoms with Crippen LogP contribution in [0.3, 0.4) is 0 Å². The molecule has 0 saturated carbocycles. The van der Waals surface area contributed by atoms with E-state index < -0.39 is 6.03 Å². The van der Waals surface area contributed by atoms with Crippen molar-refractivity contribution < 1.29 is 14.3 Å². The Kier molecular flexibility index (Phi) is 4.39. The number of rotatable bonds is 5. The molecule has 0 radical (unpaired) electrons. The molecule has 0 aliphatic heterocycles. The molecule has 0 unspecified atom stereocenters. The van der Waals surface area contributed by atoms with Gasteiger partial charge in [0.2, 0.25) is 5.95 Å². The van der Waals surface area contributed by atoms with Crippen LogP contribution in [0.1, 0.15) is 0 Å². The minimum Gasteiger partial charge on any atom is -0.497 e. The number of nitrogens with one attached hydrogen (secondary N) is 2. The van der Waals surface area contributed by atoms with E-state index in [2.05, 4.69) is 20.6 Å². The van der Waals surface area contributed by atoms with Crippen molar-refractivity contribution in [3.8, 4) is 11.5 Å². The second-order valence-corrected chi connectivity index (χ2v) is 3.95. The van der Waals surface area contributed by atoms with E-state index in [1.54, 1.807) is 32.4 Å². The molecular weight excluding hydrogens is 274 g/mol. The first-order valence-corrected chi connectivity index (χ1v) is 6.01. The summed E-state index contributed by atoms with van der Waals surface area (Å²) in [4.78, 5) is 19.0. The second kappa shape index (κ2) is 6.42. The van der Waals surface area contributed by atoms with Gasteiger partial charge in [-0.05, 0) is 18.2 Å². The zero-order valence-electron chi connectivity index (χ0n) is 11.6. The topological polar surface area (TPSA) is 111 Å². The maximum Gasteiger partial charge on any atom is 0.317 e. The number of aromatic nitrogens is 2. The molecule has 8 heteroatoms. The van der Waals surface area contributed by atoms with Crippen molar-refractivity contribution in [3.05, 3.63) is 30.5 Å². The summed E-state index contributed by atoms with van der Waals surface area (Å²) in [6, 6.07) is 6.11. The Balaban J connectivity index is 2.23. The first kappa shape index (κ1) is 14.4. The number of carbonyl (C=O) groups excluding carboxylic acids is 1. The lowest BCUT2D eigenvalue weighted by Gasteiger charge is -2.11. The predicted octanol–water partition coefficient (Wildman–Crippen LogP) is 1.73. The van der Waals surface area contributed by atoms with Gasteiger partial charge in [0.25, 0.3) is 0 Å². The van der Waals surface area contributed by atoms with Crippen LogP contribution in [-0.4, -0.2) is 30.2 Å². The zero-order chi connectivity index (χ0) is 15.2. The molecule has 0 atom stereocenters. The maximum atomic E-state index is 10.8. The number of anilines is 3. The third kappa shape index (κ3) is 3.72. The number of carbonyl (C=O) groups is 1. The largest absolute Gasteiger partial charge is 0.497 e. The summed E-state index contributed by atoms with van der Waals surface area (Å²) in [6.45, 7) is 0. The Labute approximate surface area is 121 Å². The van der Waals surface area contributed by atoms with E-state index in [1.165, 1.54) is 12.3 Å². The summed E-state index contributed by atoms with van der Waals surface area (Å²) in [6.07, 6.45) is 1.50. The molecule has 2 aromatic rings. The molecule has 1 aromatic carbocycles. The molecule has 0 bridgehead atoms. The summed E-state index contributed by atoms with van der Waals surface area (Å²) in [5.41, 5.74) is 5.70. The second-order valence-electron chi connectivity index (χ2n) is 3.95. The molecule has 110 valence electrons. The Hall–Kier alpha value is -3.03. The van der Waals surface area contributed by atoms with Crippen molar-refractivity contribution in [1.29, 1.82) is 0 Å². The lowest BCUT2D eigenvalue weighted by atomic mass is 10.2. The fourth-order valence-electron chi connectivity index (χ4n) is 1.64. The molecule has 0 fully saturated rings. The lowest BCUT2D eigenvalue weighted by Crippen LogP contribution is -2.20. The van der Waals surface area contributed by atoms with Crippen LogP contribution in [0.15, 0.2) is 30.5 Å². The summed E-state index contributed by atoms with van der Waals surface area (Å²) in [7, 11) is 3.12. The minimum atomic E-state index is -0.693. The standard InChI is InChI=1S/C13H15N5O3/c1-20-8-3-4-9(10(7-8)21-2)16-13-15-6-5-11(18-13)17-12(14)19/h3-7H,1-2H3,(H4,14,15,16,17,18,19). The maximum absolute atomic E-state index is 10.8. The van der Waals surface area contributed by atoms with Gasteiger partial charge in [0.1, 0.15) is 17.3 Å². The Bertz CT molecular complexity index is 647. The van der Waals surface area contributed by atoms with Crippen LogP contribution in [0.2, 0.25) is 0 Å². The molecule has 4 N–H and O–H groups in total. The van der Waals surface area contributed by atoms with E-state index in [-0.39, 0.29) is 0 Å². The van der Waals surface area contributed by atoms with E-state index in [4.69, 9.17) is 15.2 Å². The van der Waals surface area contributed by atoms with Gasteiger partial charge in [0, 0.05) is 12.3 Å². The van der Waals surface area contributed by atoms with Crippen LogP contribution in [0.4, 0.5) is 22.2 Å². The fourth-order valence-corrected chi connectivity index (χ4v) is 1.64. The van der Waals surface area contributed by atoms with Gasteiger partial charge in [-0.25, -0.2) is 9.78 Å². The first-order valence-electron chi connectivity index (χ1n) is 6.01. The Morgan fingerprint density at radius 3 is 2.71 bits per heavy atom. The average Bonchev–Trinajstić information content (AvgIpc) is 2.47. The molecule has 0 saturated heterocycles. The van der Waals surface area contributed by atoms with Gasteiger partial charge in [-0.2, -0.15) is 4.98 Å². The third-order valence-corrected chi connectivity index (χ3v) is 2.56. The van der Waals surface area contributed by atoms with E-state index in [0.717, 1.165) is 0 Å². The fraction of sp³-hybridized carbons (Fsp3) is 0.154. The van der Waals surface area contributed by atoms with E-state index in [1.807, 2.05) is 0 Å². The summed E-state index contributed by atoms with van der Waals surface area (Å²) < 4.78 is 10.4. The van der Waals surface area contributed by atoms with Gasteiger partial charge in [0.15, 0.2) is 0 Å². The van der Waals surface area contributed by atoms with Crippen LogP contribution < -0.4 is 25.8 Å². The van der Waals surface area contributed by atoms with Crippen LogP contribution in [0.5, 0.6) is 11.5 Å². The number of primary amides is 1. The molecule has 0 aliphatic carbocycles. The smallest absolute Gasteiger partial charge is 0.317 e. The zero-order valence-corrected chi connectivity index (χ0v) is 11.6. The van der Waals surface area contributed by atoms with Crippen LogP contribution in [0.25, 0.3) is 0 Å². The van der Waals surface area contributed by atoms with Gasteiger partial charge in [-0.15, -0.1) is 0 Å². The van der Waals surface area contributed by atoms with Gasteiger partial charge in [-0.1, -0.05) is 0 Å². The van der Waals surface area contributed by atoms with E-state index >= 15 is 0 Å². The SMILES string of the molecule is COc1ccc(Nc2nccc(NC(N)=O)n2)c(OC)c1. The highest BCUT2D eigenvalue weighted by Crippen LogP contribution is 2.30. The van der Waals surface area contributed by atoms with Gasteiger partial charge >= 0.3 is 6.03 Å². The molecular formula is C13H15N5O3. The number of nitrogens with zero attached hydrogens (tertiary/aromatic N) is 2. The summed E-state index contributed by atoms with van der Waals surface area (Å²) in [5.74, 6) is 1.84. The quantitative estimate of drug-likeness (QED) is 0.773. The summed E-state index contributed by atoms with van der Waals surface area (Å²) >= 11 is 0. The van der Waals surface area contributed by atoms with Crippen LogP contribution in [-0.2, 0) is 0 Å². The van der Waals surface area contributed by atoms with Crippen molar-refractivity contribution in [1.82, 2.24) is 9.97 Å². The molecule has 2 amide bonds. The molecule has 21 heavy (non-hydrogen) atoms. The number of nitrogens with two attached hydrogens (primary N) is 1. The lowest BCUT2D eigenvalue weighted by molar-refractivity contribution is 0.259. The first-order chi connectivity index (χ1) is 10.1. The Morgan fingerprint density at radius 1 is 1.24 bits per heavy atom. The predicted molar refractivity (Wildman–Crippen MR) is 78.1 cm³/mol. The number of urea groups is 1. The van der Waals surface area contributed by atoms with Crippen molar-refractivity contribution in [2.45, 2.75) is 0 Å². The highest BCUT2D eigenvalue weighted by molar-refractivity contribution is 5.86. The number of hydrogen-bond donors (Lipinski definition) is 3. The Morgan fingerprint density at radius 2 is 2.05 bits per heavy atom. The number of methoxy groups -OCH3 is 2. The van der Waals surface area contributed by atoms with Gasteiger partial charge in [0.05, 0.1) is 19.9 Å².